The van der Waals surface area contributed by atoms with Gasteiger partial charge in [-0.15, -0.1) is 0 Å². The fourth-order valence-electron chi connectivity index (χ4n) is 1.93. The van der Waals surface area contributed by atoms with Gasteiger partial charge in [0.05, 0.1) is 18.0 Å². The molecule has 0 aromatic heterocycles. The molecule has 15 heavy (non-hydrogen) atoms. The lowest BCUT2D eigenvalue weighted by molar-refractivity contribution is -0.118. The highest BCUT2D eigenvalue weighted by atomic mass is 16.3. The highest BCUT2D eigenvalue weighted by Crippen LogP contribution is 2.33. The number of para-hydroxylation sites is 1. The molecule has 0 spiro atoms. The van der Waals surface area contributed by atoms with Gasteiger partial charge in [-0.25, -0.2) is 0 Å². The third kappa shape index (κ3) is 1.47. The number of carbonyl (C=O) groups excluding carboxylic acids is 1. The normalized spacial score (nSPS) is 19.8. The lowest BCUT2D eigenvalue weighted by atomic mass is 10.1. The lowest BCUT2D eigenvalue weighted by Crippen LogP contribution is -2.43. The highest BCUT2D eigenvalue weighted by molar-refractivity contribution is 6.05. The van der Waals surface area contributed by atoms with E-state index in [2.05, 4.69) is 5.32 Å². The Morgan fingerprint density at radius 2 is 2.27 bits per heavy atom. The molecule has 80 valence electrons. The van der Waals surface area contributed by atoms with Gasteiger partial charge < -0.3 is 15.3 Å². The summed E-state index contributed by atoms with van der Waals surface area (Å²) in [5.41, 5.74) is 2.45. The molecule has 2 rings (SSSR count). The van der Waals surface area contributed by atoms with Crippen molar-refractivity contribution in [3.05, 3.63) is 23.8 Å². The zero-order chi connectivity index (χ0) is 11.0. The molecule has 1 aliphatic rings. The molecule has 0 saturated carbocycles. The van der Waals surface area contributed by atoms with Crippen molar-refractivity contribution in [2.75, 3.05) is 17.3 Å². The molecule has 4 nitrogen and oxygen atoms in total. The molecular formula is C11H14N2O2. The summed E-state index contributed by atoms with van der Waals surface area (Å²) in [7, 11) is 1.73. The number of hydrogen-bond donors (Lipinski definition) is 2. The van der Waals surface area contributed by atoms with Crippen LogP contribution in [0.15, 0.2) is 18.2 Å². The molecule has 0 bridgehead atoms. The third-order valence-corrected chi connectivity index (χ3v) is 2.70. The summed E-state index contributed by atoms with van der Waals surface area (Å²) >= 11 is 0. The number of likely N-dealkylation sites (N-methyl/N-ethyl adjacent to an activating group) is 1. The molecule has 4 heteroatoms. The number of aliphatic hydroxyl groups excluding tert-OH is 1. The van der Waals surface area contributed by atoms with Crippen LogP contribution in [0.1, 0.15) is 12.5 Å². The van der Waals surface area contributed by atoms with E-state index in [0.29, 0.717) is 0 Å². The second kappa shape index (κ2) is 3.55. The topological polar surface area (TPSA) is 52.6 Å². The number of carbonyl (C=O) groups is 1. The van der Waals surface area contributed by atoms with Crippen molar-refractivity contribution in [1.29, 1.82) is 0 Å². The quantitative estimate of drug-likeness (QED) is 0.719. The Hall–Kier alpha value is -1.55. The average molecular weight is 206 g/mol. The summed E-state index contributed by atoms with van der Waals surface area (Å²) in [6.45, 7) is 1.77. The molecule has 1 atom stereocenters. The standard InChI is InChI=1S/C11H14N2O2/c1-7-11(15)13(2)10-8(6-14)4-3-5-9(10)12-7/h3-5,7,12,14H,6H2,1-2H3. The number of nitrogens with one attached hydrogen (secondary N) is 1. The Morgan fingerprint density at radius 1 is 1.53 bits per heavy atom. The van der Waals surface area contributed by atoms with Crippen molar-refractivity contribution in [3.63, 3.8) is 0 Å². The summed E-state index contributed by atoms with van der Waals surface area (Å²) in [5.74, 6) is 0.0170. The average Bonchev–Trinajstić information content (AvgIpc) is 2.25. The van der Waals surface area contributed by atoms with Crippen LogP contribution in [0, 0.1) is 0 Å². The van der Waals surface area contributed by atoms with E-state index in [4.69, 9.17) is 0 Å². The first-order valence-electron chi connectivity index (χ1n) is 4.92. The molecule has 0 radical (unpaired) electrons. The van der Waals surface area contributed by atoms with Gasteiger partial charge in [-0.05, 0) is 13.0 Å². The zero-order valence-corrected chi connectivity index (χ0v) is 8.82. The van der Waals surface area contributed by atoms with E-state index in [1.807, 2.05) is 25.1 Å². The minimum atomic E-state index is -0.212. The van der Waals surface area contributed by atoms with Crippen LogP contribution in [0.5, 0.6) is 0 Å². The largest absolute Gasteiger partial charge is 0.392 e. The van der Waals surface area contributed by atoms with Crippen molar-refractivity contribution >= 4 is 17.3 Å². The molecule has 0 aliphatic carbocycles. The zero-order valence-electron chi connectivity index (χ0n) is 8.82. The molecule has 1 aliphatic heterocycles. The second-order valence-electron chi connectivity index (χ2n) is 3.73. The predicted molar refractivity (Wildman–Crippen MR) is 58.9 cm³/mol. The Bertz CT molecular complexity index is 404. The van der Waals surface area contributed by atoms with Gasteiger partial charge in [-0.2, -0.15) is 0 Å². The van der Waals surface area contributed by atoms with Gasteiger partial charge >= 0.3 is 0 Å². The monoisotopic (exact) mass is 206 g/mol. The van der Waals surface area contributed by atoms with Crippen molar-refractivity contribution in [2.24, 2.45) is 0 Å². The van der Waals surface area contributed by atoms with Gasteiger partial charge in [0.2, 0.25) is 5.91 Å². The van der Waals surface area contributed by atoms with Crippen molar-refractivity contribution in [1.82, 2.24) is 0 Å². The number of rotatable bonds is 1. The SMILES string of the molecule is CC1Nc2cccc(CO)c2N(C)C1=O. The maximum atomic E-state index is 11.7. The van der Waals surface area contributed by atoms with Gasteiger partial charge in [0, 0.05) is 12.6 Å². The van der Waals surface area contributed by atoms with E-state index in [-0.39, 0.29) is 18.6 Å². The number of nitrogens with zero attached hydrogens (tertiary/aromatic N) is 1. The summed E-state index contributed by atoms with van der Waals surface area (Å²) in [6.07, 6.45) is 0. The molecule has 1 heterocycles. The van der Waals surface area contributed by atoms with Gasteiger partial charge in [-0.3, -0.25) is 4.79 Å². The highest BCUT2D eigenvalue weighted by Gasteiger charge is 2.28. The summed E-state index contributed by atoms with van der Waals surface area (Å²) < 4.78 is 0. The van der Waals surface area contributed by atoms with E-state index in [0.717, 1.165) is 16.9 Å². The molecule has 1 aromatic rings. The first-order chi connectivity index (χ1) is 7.15. The number of benzene rings is 1. The number of aliphatic hydroxyl groups is 1. The summed E-state index contributed by atoms with van der Waals surface area (Å²) in [4.78, 5) is 13.3. The molecule has 1 aromatic carbocycles. The lowest BCUT2D eigenvalue weighted by Gasteiger charge is -2.32. The van der Waals surface area contributed by atoms with Crippen LogP contribution in [0.3, 0.4) is 0 Å². The smallest absolute Gasteiger partial charge is 0.248 e. The molecule has 2 N–H and O–H groups in total. The Balaban J connectivity index is 2.55. The van der Waals surface area contributed by atoms with Gasteiger partial charge in [0.1, 0.15) is 6.04 Å². The maximum Gasteiger partial charge on any atom is 0.248 e. The summed E-state index contributed by atoms with van der Waals surface area (Å²) in [5, 5.41) is 12.3. The molecule has 1 amide bonds. The van der Waals surface area contributed by atoms with Crippen molar-refractivity contribution in [2.45, 2.75) is 19.6 Å². The predicted octanol–water partition coefficient (Wildman–Crippen LogP) is 0.956. The van der Waals surface area contributed by atoms with E-state index in [9.17, 15) is 9.90 Å². The Kier molecular flexibility index (Phi) is 2.36. The fraction of sp³-hybridized carbons (Fsp3) is 0.364. The van der Waals surface area contributed by atoms with Crippen molar-refractivity contribution in [3.8, 4) is 0 Å². The maximum absolute atomic E-state index is 11.7. The molecule has 0 saturated heterocycles. The molecule has 1 unspecified atom stereocenters. The molecule has 0 fully saturated rings. The molecular weight excluding hydrogens is 192 g/mol. The van der Waals surface area contributed by atoms with Crippen LogP contribution in [-0.2, 0) is 11.4 Å². The fourth-order valence-corrected chi connectivity index (χ4v) is 1.93. The Labute approximate surface area is 88.5 Å². The first kappa shape index (κ1) is 9.98. The van der Waals surface area contributed by atoms with Crippen LogP contribution in [0.4, 0.5) is 11.4 Å². The van der Waals surface area contributed by atoms with Crippen molar-refractivity contribution < 1.29 is 9.90 Å². The Morgan fingerprint density at radius 3 is 2.93 bits per heavy atom. The van der Waals surface area contributed by atoms with Gasteiger partial charge in [0.25, 0.3) is 0 Å². The third-order valence-electron chi connectivity index (χ3n) is 2.70. The van der Waals surface area contributed by atoms with Gasteiger partial charge in [-0.1, -0.05) is 12.1 Å². The first-order valence-corrected chi connectivity index (χ1v) is 4.92. The van der Waals surface area contributed by atoms with Crippen LogP contribution in [0.2, 0.25) is 0 Å². The second-order valence-corrected chi connectivity index (χ2v) is 3.73. The van der Waals surface area contributed by atoms with E-state index in [1.54, 1.807) is 11.9 Å². The van der Waals surface area contributed by atoms with Crippen LogP contribution in [0.25, 0.3) is 0 Å². The van der Waals surface area contributed by atoms with Gasteiger partial charge in [0.15, 0.2) is 0 Å². The van der Waals surface area contributed by atoms with E-state index < -0.39 is 0 Å². The summed E-state index contributed by atoms with van der Waals surface area (Å²) in [6, 6.07) is 5.39. The number of anilines is 2. The number of amides is 1. The number of fused-ring (bicyclic) bond motifs is 1. The minimum Gasteiger partial charge on any atom is -0.392 e. The van der Waals surface area contributed by atoms with E-state index >= 15 is 0 Å². The minimum absolute atomic E-state index is 0.0170. The number of hydrogen-bond acceptors (Lipinski definition) is 3. The van der Waals surface area contributed by atoms with Crippen LogP contribution in [-0.4, -0.2) is 24.1 Å². The van der Waals surface area contributed by atoms with E-state index in [1.165, 1.54) is 0 Å². The van der Waals surface area contributed by atoms with Crippen LogP contribution >= 0.6 is 0 Å². The van der Waals surface area contributed by atoms with Crippen LogP contribution < -0.4 is 10.2 Å².